The highest BCUT2D eigenvalue weighted by molar-refractivity contribution is 5.63. The summed E-state index contributed by atoms with van der Waals surface area (Å²) in [5.41, 5.74) is 0.658. The van der Waals surface area contributed by atoms with Gasteiger partial charge in [0.25, 0.3) is 5.69 Å². The third-order valence-corrected chi connectivity index (χ3v) is 3.82. The second-order valence-corrected chi connectivity index (χ2v) is 5.24. The van der Waals surface area contributed by atoms with Crippen LogP contribution in [0.15, 0.2) is 12.1 Å². The van der Waals surface area contributed by atoms with E-state index in [9.17, 15) is 14.5 Å². The highest BCUT2D eigenvalue weighted by Crippen LogP contribution is 2.30. The molecule has 1 aromatic carbocycles. The van der Waals surface area contributed by atoms with E-state index in [0.29, 0.717) is 17.8 Å². The van der Waals surface area contributed by atoms with Crippen molar-refractivity contribution in [3.05, 3.63) is 33.6 Å². The molecule has 19 heavy (non-hydrogen) atoms. The van der Waals surface area contributed by atoms with Crippen LogP contribution in [0.25, 0.3) is 0 Å². The van der Waals surface area contributed by atoms with Crippen LogP contribution in [-0.4, -0.2) is 11.5 Å². The van der Waals surface area contributed by atoms with Crippen LogP contribution in [0.3, 0.4) is 0 Å². The minimum Gasteiger partial charge on any atom is -0.379 e. The van der Waals surface area contributed by atoms with E-state index in [2.05, 4.69) is 5.32 Å². The van der Waals surface area contributed by atoms with E-state index in [1.54, 1.807) is 6.92 Å². The van der Waals surface area contributed by atoms with Gasteiger partial charge in [0.05, 0.1) is 11.0 Å². The van der Waals surface area contributed by atoms with Crippen molar-refractivity contribution in [1.29, 1.82) is 0 Å². The molecule has 0 radical (unpaired) electrons. The van der Waals surface area contributed by atoms with Crippen molar-refractivity contribution in [2.75, 3.05) is 11.9 Å². The SMILES string of the molecule is Cc1cc(NCCC2CCCC2)c([N+](=O)[O-])cc1F. The van der Waals surface area contributed by atoms with Crippen LogP contribution in [-0.2, 0) is 0 Å². The van der Waals surface area contributed by atoms with Gasteiger partial charge in [0.2, 0.25) is 0 Å². The lowest BCUT2D eigenvalue weighted by Gasteiger charge is -2.11. The Morgan fingerprint density at radius 3 is 2.74 bits per heavy atom. The first-order valence-electron chi connectivity index (χ1n) is 6.76. The van der Waals surface area contributed by atoms with E-state index in [-0.39, 0.29) is 5.69 Å². The Hall–Kier alpha value is -1.65. The number of halogens is 1. The molecule has 104 valence electrons. The molecule has 1 aliphatic rings. The molecule has 0 amide bonds. The first-order valence-corrected chi connectivity index (χ1v) is 6.76. The molecular formula is C14H19FN2O2. The van der Waals surface area contributed by atoms with Crippen molar-refractivity contribution >= 4 is 11.4 Å². The van der Waals surface area contributed by atoms with Gasteiger partial charge in [-0.25, -0.2) is 4.39 Å². The molecule has 0 aliphatic heterocycles. The Morgan fingerprint density at radius 1 is 1.42 bits per heavy atom. The number of nitrogens with one attached hydrogen (secondary N) is 1. The first kappa shape index (κ1) is 13.8. The maximum atomic E-state index is 13.4. The Morgan fingerprint density at radius 2 is 2.11 bits per heavy atom. The van der Waals surface area contributed by atoms with Gasteiger partial charge >= 0.3 is 0 Å². The normalized spacial score (nSPS) is 15.7. The van der Waals surface area contributed by atoms with Gasteiger partial charge in [0.15, 0.2) is 0 Å². The van der Waals surface area contributed by atoms with Crippen LogP contribution in [0, 0.1) is 28.8 Å². The lowest BCUT2D eigenvalue weighted by molar-refractivity contribution is -0.384. The molecule has 5 heteroatoms. The van der Waals surface area contributed by atoms with E-state index in [0.717, 1.165) is 18.4 Å². The van der Waals surface area contributed by atoms with Crippen molar-refractivity contribution in [3.63, 3.8) is 0 Å². The van der Waals surface area contributed by atoms with Crippen LogP contribution in [0.5, 0.6) is 0 Å². The molecule has 1 aromatic rings. The number of hydrogen-bond donors (Lipinski definition) is 1. The number of benzene rings is 1. The Labute approximate surface area is 112 Å². The fraction of sp³-hybridized carbons (Fsp3) is 0.571. The molecule has 1 saturated carbocycles. The molecular weight excluding hydrogens is 247 g/mol. The summed E-state index contributed by atoms with van der Waals surface area (Å²) in [6.45, 7) is 2.32. The summed E-state index contributed by atoms with van der Waals surface area (Å²) >= 11 is 0. The molecule has 2 rings (SSSR count). The maximum absolute atomic E-state index is 13.4. The van der Waals surface area contributed by atoms with Gasteiger partial charge in [-0.15, -0.1) is 0 Å². The van der Waals surface area contributed by atoms with Crippen molar-refractivity contribution < 1.29 is 9.31 Å². The largest absolute Gasteiger partial charge is 0.379 e. The molecule has 4 nitrogen and oxygen atoms in total. The zero-order valence-electron chi connectivity index (χ0n) is 11.1. The van der Waals surface area contributed by atoms with Crippen molar-refractivity contribution in [2.24, 2.45) is 5.92 Å². The molecule has 1 fully saturated rings. The predicted octanol–water partition coefficient (Wildman–Crippen LogP) is 4.03. The topological polar surface area (TPSA) is 55.2 Å². The van der Waals surface area contributed by atoms with Gasteiger partial charge in [0, 0.05) is 6.54 Å². The van der Waals surface area contributed by atoms with Crippen LogP contribution < -0.4 is 5.32 Å². The molecule has 0 atom stereocenters. The molecule has 0 aromatic heterocycles. The number of nitro groups is 1. The van der Waals surface area contributed by atoms with Crippen molar-refractivity contribution in [2.45, 2.75) is 39.0 Å². The average Bonchev–Trinajstić information content (AvgIpc) is 2.86. The summed E-state index contributed by atoms with van der Waals surface area (Å²) < 4.78 is 13.4. The van der Waals surface area contributed by atoms with Crippen LogP contribution in [0.2, 0.25) is 0 Å². The van der Waals surface area contributed by atoms with Crippen molar-refractivity contribution in [3.8, 4) is 0 Å². The number of nitro benzene ring substituents is 1. The number of rotatable bonds is 5. The van der Waals surface area contributed by atoms with Gasteiger partial charge in [-0.1, -0.05) is 25.7 Å². The monoisotopic (exact) mass is 266 g/mol. The third kappa shape index (κ3) is 3.43. The molecule has 0 heterocycles. The zero-order valence-corrected chi connectivity index (χ0v) is 11.1. The first-order chi connectivity index (χ1) is 9.08. The maximum Gasteiger partial charge on any atom is 0.295 e. The van der Waals surface area contributed by atoms with Gasteiger partial charge in [0.1, 0.15) is 11.5 Å². The fourth-order valence-electron chi connectivity index (χ4n) is 2.67. The second-order valence-electron chi connectivity index (χ2n) is 5.24. The highest BCUT2D eigenvalue weighted by atomic mass is 19.1. The minimum atomic E-state index is -0.541. The standard InChI is InChI=1S/C14H19FN2O2/c1-10-8-13(14(17(18)19)9-12(10)15)16-7-6-11-4-2-3-5-11/h8-9,11,16H,2-7H2,1H3. The smallest absolute Gasteiger partial charge is 0.295 e. The summed E-state index contributed by atoms with van der Waals surface area (Å²) in [7, 11) is 0. The lowest BCUT2D eigenvalue weighted by Crippen LogP contribution is -2.08. The van der Waals surface area contributed by atoms with E-state index < -0.39 is 10.7 Å². The molecule has 0 bridgehead atoms. The highest BCUT2D eigenvalue weighted by Gasteiger charge is 2.18. The van der Waals surface area contributed by atoms with Crippen LogP contribution >= 0.6 is 0 Å². The van der Waals surface area contributed by atoms with Crippen LogP contribution in [0.1, 0.15) is 37.7 Å². The van der Waals surface area contributed by atoms with E-state index in [1.807, 2.05) is 0 Å². The summed E-state index contributed by atoms with van der Waals surface area (Å²) in [5.74, 6) is 0.196. The summed E-state index contributed by atoms with van der Waals surface area (Å²) in [6.07, 6.45) is 6.12. The minimum absolute atomic E-state index is 0.186. The second kappa shape index (κ2) is 5.99. The Kier molecular flexibility index (Phi) is 4.35. The Balaban J connectivity index is 2.01. The lowest BCUT2D eigenvalue weighted by atomic mass is 10.0. The van der Waals surface area contributed by atoms with Gasteiger partial charge < -0.3 is 5.32 Å². The van der Waals surface area contributed by atoms with E-state index >= 15 is 0 Å². The molecule has 1 aliphatic carbocycles. The molecule has 0 saturated heterocycles. The van der Waals surface area contributed by atoms with E-state index in [1.165, 1.54) is 31.7 Å². The predicted molar refractivity (Wildman–Crippen MR) is 72.9 cm³/mol. The zero-order chi connectivity index (χ0) is 13.8. The molecule has 1 N–H and O–H groups in total. The van der Waals surface area contributed by atoms with Crippen LogP contribution in [0.4, 0.5) is 15.8 Å². The summed E-state index contributed by atoms with van der Waals surface area (Å²) in [6, 6.07) is 2.51. The number of aryl methyl sites for hydroxylation is 1. The average molecular weight is 266 g/mol. The fourth-order valence-corrected chi connectivity index (χ4v) is 2.67. The quantitative estimate of drug-likeness (QED) is 0.646. The van der Waals surface area contributed by atoms with Gasteiger partial charge in [-0.05, 0) is 30.9 Å². The summed E-state index contributed by atoms with van der Waals surface area (Å²) in [5, 5.41) is 14.0. The van der Waals surface area contributed by atoms with Gasteiger partial charge in [-0.2, -0.15) is 0 Å². The van der Waals surface area contributed by atoms with Crippen molar-refractivity contribution in [1.82, 2.24) is 0 Å². The van der Waals surface area contributed by atoms with E-state index in [4.69, 9.17) is 0 Å². The number of anilines is 1. The Bertz CT molecular complexity index is 471. The summed E-state index contributed by atoms with van der Waals surface area (Å²) in [4.78, 5) is 10.4. The third-order valence-electron chi connectivity index (χ3n) is 3.82. The number of hydrogen-bond acceptors (Lipinski definition) is 3. The molecule has 0 spiro atoms. The van der Waals surface area contributed by atoms with Gasteiger partial charge in [-0.3, -0.25) is 10.1 Å². The molecule has 0 unspecified atom stereocenters. The number of nitrogens with zero attached hydrogens (tertiary/aromatic N) is 1.